The summed E-state index contributed by atoms with van der Waals surface area (Å²) in [5, 5.41) is 17.8. The molecule has 2 fully saturated rings. The van der Waals surface area contributed by atoms with Gasteiger partial charge in [-0.3, -0.25) is 34.8 Å². The number of rotatable bonds is 10. The summed E-state index contributed by atoms with van der Waals surface area (Å²) in [6.45, 7) is 14.9. The van der Waals surface area contributed by atoms with Crippen LogP contribution in [0.1, 0.15) is 73.5 Å². The molecule has 1 unspecified atom stereocenters. The van der Waals surface area contributed by atoms with Gasteiger partial charge in [0.15, 0.2) is 5.65 Å². The minimum absolute atomic E-state index is 0.0191. The van der Waals surface area contributed by atoms with Gasteiger partial charge in [-0.05, 0) is 66.9 Å². The zero-order chi connectivity index (χ0) is 40.6. The van der Waals surface area contributed by atoms with Gasteiger partial charge < -0.3 is 14.7 Å². The molecule has 0 radical (unpaired) electrons. The van der Waals surface area contributed by atoms with Crippen LogP contribution in [-0.4, -0.2) is 92.3 Å². The van der Waals surface area contributed by atoms with Gasteiger partial charge in [-0.15, -0.1) is 0 Å². The molecule has 6 aromatic rings. The van der Waals surface area contributed by atoms with Gasteiger partial charge >= 0.3 is 6.03 Å². The summed E-state index contributed by atoms with van der Waals surface area (Å²) in [6.07, 6.45) is 4.69. The summed E-state index contributed by atoms with van der Waals surface area (Å²) in [7, 11) is 0. The molecule has 298 valence electrons. The summed E-state index contributed by atoms with van der Waals surface area (Å²) in [5.74, 6) is -0.199. The normalized spacial score (nSPS) is 15.8. The fourth-order valence-electron chi connectivity index (χ4n) is 7.46. The van der Waals surface area contributed by atoms with Crippen molar-refractivity contribution < 1.29 is 18.9 Å². The van der Waals surface area contributed by atoms with Gasteiger partial charge in [0.25, 0.3) is 11.7 Å². The average molecular weight is 782 g/mol. The zero-order valence-corrected chi connectivity index (χ0v) is 33.4. The van der Waals surface area contributed by atoms with E-state index in [9.17, 15) is 14.4 Å². The average Bonchev–Trinajstić information content (AvgIpc) is 3.89. The number of carbonyl (C=O) groups excluding carboxylic acids is 3. The molecule has 58 heavy (non-hydrogen) atoms. The van der Waals surface area contributed by atoms with Crippen molar-refractivity contribution >= 4 is 40.3 Å². The molecular formula is C43H47N11O4. The first-order valence-electron chi connectivity index (χ1n) is 19.6. The molecule has 4 amide bonds. The third kappa shape index (κ3) is 8.16. The predicted octanol–water partition coefficient (Wildman–Crippen LogP) is 5.98. The predicted molar refractivity (Wildman–Crippen MR) is 220 cm³/mol. The molecule has 2 aromatic carbocycles. The minimum atomic E-state index is -0.399. The van der Waals surface area contributed by atoms with E-state index in [0.29, 0.717) is 23.8 Å². The Bertz CT molecular complexity index is 2460. The Balaban J connectivity index is 0.865. The smallest absolute Gasteiger partial charge is 0.328 e. The van der Waals surface area contributed by atoms with Crippen LogP contribution in [0.2, 0.25) is 0 Å². The number of hydrogen-bond donors (Lipinski definition) is 3. The lowest BCUT2D eigenvalue weighted by Gasteiger charge is -2.36. The highest BCUT2D eigenvalue weighted by atomic mass is 16.5. The summed E-state index contributed by atoms with van der Waals surface area (Å²) < 4.78 is 5.30. The number of piperazine rings is 1. The lowest BCUT2D eigenvalue weighted by molar-refractivity contribution is -0.120. The SMILES string of the molecule is Cc1cc(-c2[nH]nc3ncc(-c4ccc(N5CCN(CCc6ccc(N7CCC(=O)NC7=O)cn6)CC5)cc4)cc23)ccc1C(C)NC(=O)c1noc(C(C)(C)C)n1. The third-order valence-electron chi connectivity index (χ3n) is 10.8. The molecule has 4 aromatic heterocycles. The Kier molecular flexibility index (Phi) is 10.5. The summed E-state index contributed by atoms with van der Waals surface area (Å²) in [6, 6.07) is 20.1. The molecule has 3 N–H and O–H groups in total. The van der Waals surface area contributed by atoms with E-state index in [2.05, 4.69) is 87.1 Å². The summed E-state index contributed by atoms with van der Waals surface area (Å²) >= 11 is 0. The third-order valence-corrected chi connectivity index (χ3v) is 10.8. The highest BCUT2D eigenvalue weighted by molar-refractivity contribution is 6.05. The highest BCUT2D eigenvalue weighted by Gasteiger charge is 2.26. The lowest BCUT2D eigenvalue weighted by atomic mass is 9.97. The molecule has 8 rings (SSSR count). The van der Waals surface area contributed by atoms with Crippen molar-refractivity contribution in [2.75, 3.05) is 49.1 Å². The van der Waals surface area contributed by atoms with Crippen LogP contribution in [0.15, 0.2) is 77.6 Å². The number of amides is 4. The zero-order valence-electron chi connectivity index (χ0n) is 33.4. The van der Waals surface area contributed by atoms with Crippen LogP contribution in [0.25, 0.3) is 33.4 Å². The van der Waals surface area contributed by atoms with Crippen LogP contribution in [0.4, 0.5) is 16.2 Å². The number of pyridine rings is 2. The van der Waals surface area contributed by atoms with Gasteiger partial charge in [0.2, 0.25) is 11.8 Å². The van der Waals surface area contributed by atoms with Crippen molar-refractivity contribution in [3.8, 4) is 22.4 Å². The molecule has 0 aliphatic carbocycles. The monoisotopic (exact) mass is 781 g/mol. The van der Waals surface area contributed by atoms with Crippen molar-refractivity contribution in [1.82, 2.24) is 45.8 Å². The highest BCUT2D eigenvalue weighted by Crippen LogP contribution is 2.32. The Hall–Kier alpha value is -6.48. The van der Waals surface area contributed by atoms with E-state index >= 15 is 0 Å². The maximum atomic E-state index is 12.9. The quantitative estimate of drug-likeness (QED) is 0.149. The van der Waals surface area contributed by atoms with Gasteiger partial charge in [-0.2, -0.15) is 10.1 Å². The molecule has 0 spiro atoms. The molecule has 0 saturated carbocycles. The standard InChI is InChI=1S/C43H47N11O4/c1-26-22-29(8-13-34(26)27(2)46-40(56)39-48-41(58-51-39)43(3,4)5)37-35-23-30(24-45-38(35)50-49-37)28-6-10-32(11-7-28)53-20-18-52(19-21-53)16-14-31-9-12-33(25-44-31)54-17-15-36(55)47-42(54)57/h6-13,22-25,27H,14-21H2,1-5H3,(H,46,56)(H,45,49,50)(H,47,55,57). The number of carbonyl (C=O) groups is 3. The maximum Gasteiger partial charge on any atom is 0.328 e. The molecule has 2 saturated heterocycles. The molecule has 0 bridgehead atoms. The first kappa shape index (κ1) is 38.4. The van der Waals surface area contributed by atoms with Crippen LogP contribution < -0.4 is 20.4 Å². The van der Waals surface area contributed by atoms with Crippen molar-refractivity contribution in [3.63, 3.8) is 0 Å². The number of nitrogens with one attached hydrogen (secondary N) is 3. The fourth-order valence-corrected chi connectivity index (χ4v) is 7.46. The van der Waals surface area contributed by atoms with Crippen LogP contribution in [0, 0.1) is 6.92 Å². The van der Waals surface area contributed by atoms with E-state index in [1.54, 1.807) is 11.1 Å². The van der Waals surface area contributed by atoms with Gasteiger partial charge in [0, 0.05) is 91.6 Å². The first-order chi connectivity index (χ1) is 27.9. The lowest BCUT2D eigenvalue weighted by Crippen LogP contribution is -2.49. The fraction of sp³-hybridized carbons (Fsp3) is 0.349. The number of aromatic nitrogens is 6. The molecular weight excluding hydrogens is 735 g/mol. The van der Waals surface area contributed by atoms with Gasteiger partial charge in [0.1, 0.15) is 0 Å². The largest absolute Gasteiger partial charge is 0.369 e. The van der Waals surface area contributed by atoms with E-state index in [0.717, 1.165) is 83.7 Å². The summed E-state index contributed by atoms with van der Waals surface area (Å²) in [5.41, 5.74) is 9.08. The van der Waals surface area contributed by atoms with Crippen LogP contribution in [0.3, 0.4) is 0 Å². The van der Waals surface area contributed by atoms with Gasteiger partial charge in [-0.1, -0.05) is 50.2 Å². The number of hydrogen-bond acceptors (Lipinski definition) is 11. The number of H-pyrrole nitrogens is 1. The molecule has 15 nitrogen and oxygen atoms in total. The van der Waals surface area contributed by atoms with E-state index in [-0.39, 0.29) is 35.5 Å². The molecule has 6 heterocycles. The van der Waals surface area contributed by atoms with E-state index in [4.69, 9.17) is 4.52 Å². The van der Waals surface area contributed by atoms with Crippen molar-refractivity contribution in [3.05, 3.63) is 102 Å². The van der Waals surface area contributed by atoms with Crippen molar-refractivity contribution in [1.29, 1.82) is 0 Å². The Labute approximate surface area is 336 Å². The second-order valence-corrected chi connectivity index (χ2v) is 16.0. The maximum absolute atomic E-state index is 12.9. The number of imide groups is 1. The van der Waals surface area contributed by atoms with Crippen LogP contribution in [0.5, 0.6) is 0 Å². The topological polar surface area (TPSA) is 178 Å². The van der Waals surface area contributed by atoms with E-state index < -0.39 is 6.03 Å². The van der Waals surface area contributed by atoms with Crippen molar-refractivity contribution in [2.24, 2.45) is 0 Å². The Morgan fingerprint density at radius 1 is 0.897 bits per heavy atom. The van der Waals surface area contributed by atoms with Crippen molar-refractivity contribution in [2.45, 2.75) is 58.9 Å². The number of urea groups is 1. The van der Waals surface area contributed by atoms with E-state index in [1.807, 2.05) is 65.1 Å². The molecule has 1 atom stereocenters. The van der Waals surface area contributed by atoms with E-state index in [1.165, 1.54) is 5.69 Å². The summed E-state index contributed by atoms with van der Waals surface area (Å²) in [4.78, 5) is 56.5. The number of aryl methyl sites for hydroxylation is 1. The number of fused-ring (bicyclic) bond motifs is 1. The molecule has 15 heteroatoms. The first-order valence-corrected chi connectivity index (χ1v) is 19.6. The second-order valence-electron chi connectivity index (χ2n) is 16.0. The number of nitrogens with zero attached hydrogens (tertiary/aromatic N) is 8. The molecule has 2 aliphatic rings. The van der Waals surface area contributed by atoms with Crippen LogP contribution in [-0.2, 0) is 16.6 Å². The minimum Gasteiger partial charge on any atom is -0.369 e. The molecule has 2 aliphatic heterocycles. The number of aromatic amines is 1. The van der Waals surface area contributed by atoms with Gasteiger partial charge in [0.05, 0.1) is 23.6 Å². The Morgan fingerprint density at radius 3 is 2.34 bits per heavy atom. The second kappa shape index (κ2) is 15.8. The number of benzene rings is 2. The van der Waals surface area contributed by atoms with Crippen LogP contribution >= 0.6 is 0 Å². The number of anilines is 2. The van der Waals surface area contributed by atoms with Gasteiger partial charge in [-0.25, -0.2) is 9.78 Å². The Morgan fingerprint density at radius 2 is 1.66 bits per heavy atom.